The van der Waals surface area contributed by atoms with Crippen molar-refractivity contribution in [1.29, 1.82) is 0 Å². The monoisotopic (exact) mass is 280 g/mol. The molecule has 0 aromatic heterocycles. The van der Waals surface area contributed by atoms with Crippen LogP contribution in [0.1, 0.15) is 5.56 Å². The Hall–Kier alpha value is -2.14. The number of hydrogen-bond donors (Lipinski definition) is 1. The molecule has 0 atom stereocenters. The van der Waals surface area contributed by atoms with Gasteiger partial charge in [0.1, 0.15) is 5.82 Å². The van der Waals surface area contributed by atoms with Crippen molar-refractivity contribution in [2.24, 2.45) is 0 Å². The summed E-state index contributed by atoms with van der Waals surface area (Å²) in [7, 11) is 0. The SMILES string of the molecule is O=[N+]([O-])c1cc(F)cc(NCc2cccc(Cl)c2)c1. The number of anilines is 1. The van der Waals surface area contributed by atoms with E-state index in [2.05, 4.69) is 5.32 Å². The number of nitrogens with one attached hydrogen (secondary N) is 1. The Morgan fingerprint density at radius 1 is 1.26 bits per heavy atom. The van der Waals surface area contributed by atoms with Crippen LogP contribution in [0.15, 0.2) is 42.5 Å². The molecule has 0 heterocycles. The summed E-state index contributed by atoms with van der Waals surface area (Å²) in [6.45, 7) is 0.404. The standard InChI is InChI=1S/C13H10ClFN2O2/c14-10-3-1-2-9(4-10)8-16-12-5-11(15)6-13(7-12)17(18)19/h1-7,16H,8H2. The van der Waals surface area contributed by atoms with Crippen LogP contribution in [0.5, 0.6) is 0 Å². The second-order valence-corrected chi connectivity index (χ2v) is 4.38. The van der Waals surface area contributed by atoms with Gasteiger partial charge in [0.15, 0.2) is 0 Å². The zero-order chi connectivity index (χ0) is 13.8. The minimum absolute atomic E-state index is 0.284. The molecule has 19 heavy (non-hydrogen) atoms. The average molecular weight is 281 g/mol. The molecule has 0 saturated carbocycles. The van der Waals surface area contributed by atoms with Crippen molar-refractivity contribution in [1.82, 2.24) is 0 Å². The van der Waals surface area contributed by atoms with E-state index < -0.39 is 10.7 Å². The Kier molecular flexibility index (Phi) is 3.97. The Bertz CT molecular complexity index is 619. The first-order chi connectivity index (χ1) is 9.04. The Morgan fingerprint density at radius 3 is 2.74 bits per heavy atom. The molecule has 0 radical (unpaired) electrons. The molecule has 0 amide bonds. The van der Waals surface area contributed by atoms with Crippen molar-refractivity contribution in [3.05, 3.63) is 69.0 Å². The molecule has 98 valence electrons. The fourth-order valence-corrected chi connectivity index (χ4v) is 1.85. The average Bonchev–Trinajstić information content (AvgIpc) is 2.36. The first-order valence-electron chi connectivity index (χ1n) is 5.48. The molecular formula is C13H10ClFN2O2. The lowest BCUT2D eigenvalue weighted by molar-refractivity contribution is -0.385. The maximum Gasteiger partial charge on any atom is 0.274 e. The van der Waals surface area contributed by atoms with Crippen LogP contribution in [-0.4, -0.2) is 4.92 Å². The van der Waals surface area contributed by atoms with Gasteiger partial charge in [-0.05, 0) is 23.8 Å². The van der Waals surface area contributed by atoms with Gasteiger partial charge in [0.2, 0.25) is 0 Å². The van der Waals surface area contributed by atoms with E-state index in [1.54, 1.807) is 18.2 Å². The minimum atomic E-state index is -0.650. The zero-order valence-electron chi connectivity index (χ0n) is 9.77. The first-order valence-corrected chi connectivity index (χ1v) is 5.86. The summed E-state index contributed by atoms with van der Waals surface area (Å²) >= 11 is 5.84. The smallest absolute Gasteiger partial charge is 0.274 e. The van der Waals surface area contributed by atoms with E-state index in [0.717, 1.165) is 11.6 Å². The summed E-state index contributed by atoms with van der Waals surface area (Å²) in [6.07, 6.45) is 0. The predicted molar refractivity (Wildman–Crippen MR) is 71.8 cm³/mol. The van der Waals surface area contributed by atoms with Gasteiger partial charge >= 0.3 is 0 Å². The van der Waals surface area contributed by atoms with Crippen LogP contribution < -0.4 is 5.32 Å². The molecule has 2 aromatic rings. The van der Waals surface area contributed by atoms with Gasteiger partial charge in [-0.15, -0.1) is 0 Å². The maximum atomic E-state index is 13.2. The lowest BCUT2D eigenvalue weighted by Crippen LogP contribution is -2.00. The highest BCUT2D eigenvalue weighted by atomic mass is 35.5. The second-order valence-electron chi connectivity index (χ2n) is 3.94. The molecule has 0 saturated heterocycles. The van der Waals surface area contributed by atoms with Crippen molar-refractivity contribution in [2.45, 2.75) is 6.54 Å². The van der Waals surface area contributed by atoms with Crippen molar-refractivity contribution >= 4 is 23.0 Å². The minimum Gasteiger partial charge on any atom is -0.381 e. The van der Waals surface area contributed by atoms with Gasteiger partial charge in [0.25, 0.3) is 5.69 Å². The number of non-ortho nitro benzene ring substituents is 1. The molecule has 2 aromatic carbocycles. The van der Waals surface area contributed by atoms with Crippen molar-refractivity contribution in [3.8, 4) is 0 Å². The van der Waals surface area contributed by atoms with Crippen molar-refractivity contribution in [2.75, 3.05) is 5.32 Å². The summed E-state index contributed by atoms with van der Waals surface area (Å²) in [5, 5.41) is 14.1. The second kappa shape index (κ2) is 5.67. The van der Waals surface area contributed by atoms with Crippen LogP contribution in [0.4, 0.5) is 15.8 Å². The third-order valence-corrected chi connectivity index (χ3v) is 2.71. The summed E-state index contributed by atoms with van der Waals surface area (Å²) in [5.74, 6) is -0.650. The van der Waals surface area contributed by atoms with Crippen molar-refractivity contribution in [3.63, 3.8) is 0 Å². The Balaban J connectivity index is 2.13. The molecule has 0 bridgehead atoms. The van der Waals surface area contributed by atoms with Crippen LogP contribution >= 0.6 is 11.6 Å². The molecule has 0 aliphatic carbocycles. The highest BCUT2D eigenvalue weighted by molar-refractivity contribution is 6.30. The van der Waals surface area contributed by atoms with Gasteiger partial charge in [-0.2, -0.15) is 0 Å². The molecule has 0 unspecified atom stereocenters. The fraction of sp³-hybridized carbons (Fsp3) is 0.0769. The van der Waals surface area contributed by atoms with E-state index in [0.29, 0.717) is 17.3 Å². The highest BCUT2D eigenvalue weighted by Crippen LogP contribution is 2.21. The summed E-state index contributed by atoms with van der Waals surface area (Å²) < 4.78 is 13.2. The highest BCUT2D eigenvalue weighted by Gasteiger charge is 2.09. The van der Waals surface area contributed by atoms with E-state index in [9.17, 15) is 14.5 Å². The number of benzene rings is 2. The van der Waals surface area contributed by atoms with E-state index in [-0.39, 0.29) is 5.69 Å². The topological polar surface area (TPSA) is 55.2 Å². The van der Waals surface area contributed by atoms with E-state index in [4.69, 9.17) is 11.6 Å². The number of hydrogen-bond acceptors (Lipinski definition) is 3. The van der Waals surface area contributed by atoms with Crippen LogP contribution in [0, 0.1) is 15.9 Å². The molecule has 0 aliphatic rings. The predicted octanol–water partition coefficient (Wildman–Crippen LogP) is 4.00. The van der Waals surface area contributed by atoms with Gasteiger partial charge < -0.3 is 5.32 Å². The largest absolute Gasteiger partial charge is 0.381 e. The molecule has 1 N–H and O–H groups in total. The lowest BCUT2D eigenvalue weighted by atomic mass is 10.2. The normalized spacial score (nSPS) is 10.2. The third-order valence-electron chi connectivity index (χ3n) is 2.48. The van der Waals surface area contributed by atoms with Crippen LogP contribution in [0.25, 0.3) is 0 Å². The van der Waals surface area contributed by atoms with Gasteiger partial charge in [-0.1, -0.05) is 23.7 Å². The third kappa shape index (κ3) is 3.66. The molecule has 0 spiro atoms. The zero-order valence-corrected chi connectivity index (χ0v) is 10.5. The number of halogens is 2. The van der Waals surface area contributed by atoms with Gasteiger partial charge in [0.05, 0.1) is 11.0 Å². The number of nitro groups is 1. The van der Waals surface area contributed by atoms with Gasteiger partial charge in [-0.3, -0.25) is 10.1 Å². The van der Waals surface area contributed by atoms with Gasteiger partial charge in [-0.25, -0.2) is 4.39 Å². The first kappa shape index (κ1) is 13.3. The molecular weight excluding hydrogens is 271 g/mol. The van der Waals surface area contributed by atoms with Crippen LogP contribution in [0.2, 0.25) is 5.02 Å². The molecule has 2 rings (SSSR count). The molecule has 4 nitrogen and oxygen atoms in total. The number of rotatable bonds is 4. The summed E-state index contributed by atoms with van der Waals surface area (Å²) in [6, 6.07) is 10.5. The lowest BCUT2D eigenvalue weighted by Gasteiger charge is -2.07. The van der Waals surface area contributed by atoms with Crippen LogP contribution in [0.3, 0.4) is 0 Å². The van der Waals surface area contributed by atoms with Crippen molar-refractivity contribution < 1.29 is 9.31 Å². The summed E-state index contributed by atoms with van der Waals surface area (Å²) in [5.41, 5.74) is 0.972. The number of nitrogens with zero attached hydrogens (tertiary/aromatic N) is 1. The van der Waals surface area contributed by atoms with Crippen LogP contribution in [-0.2, 0) is 6.54 Å². The molecule has 6 heteroatoms. The Morgan fingerprint density at radius 2 is 2.05 bits per heavy atom. The van der Waals surface area contributed by atoms with E-state index >= 15 is 0 Å². The summed E-state index contributed by atoms with van der Waals surface area (Å²) in [4.78, 5) is 9.99. The van der Waals surface area contributed by atoms with E-state index in [1.165, 1.54) is 12.1 Å². The maximum absolute atomic E-state index is 13.2. The molecule has 0 fully saturated rings. The van der Waals surface area contributed by atoms with Gasteiger partial charge in [0, 0.05) is 23.3 Å². The van der Waals surface area contributed by atoms with E-state index in [1.807, 2.05) is 6.07 Å². The molecule has 0 aliphatic heterocycles. The quantitative estimate of drug-likeness (QED) is 0.680. The Labute approximate surface area is 114 Å². The fourth-order valence-electron chi connectivity index (χ4n) is 1.63. The number of nitro benzene ring substituents is 1.